The van der Waals surface area contributed by atoms with Gasteiger partial charge >= 0.3 is 5.76 Å². The number of carbonyl (C=O) groups excluding carboxylic acids is 1. The third kappa shape index (κ3) is 3.61. The lowest BCUT2D eigenvalue weighted by Crippen LogP contribution is -2.37. The number of para-hydroxylation sites is 2. The van der Waals surface area contributed by atoms with E-state index in [-0.39, 0.29) is 25.0 Å². The summed E-state index contributed by atoms with van der Waals surface area (Å²) in [5, 5.41) is 8.77. The van der Waals surface area contributed by atoms with Crippen LogP contribution in [0.1, 0.15) is 18.7 Å². The molecular weight excluding hydrogens is 408 g/mol. The second-order valence-corrected chi connectivity index (χ2v) is 7.62. The number of hydrogen-bond donors (Lipinski definition) is 0. The summed E-state index contributed by atoms with van der Waals surface area (Å²) in [6, 6.07) is 14.2. The highest BCUT2D eigenvalue weighted by atomic mass is 35.5. The zero-order chi connectivity index (χ0) is 20.7. The van der Waals surface area contributed by atoms with Crippen LogP contribution in [-0.4, -0.2) is 31.6 Å². The van der Waals surface area contributed by atoms with Crippen LogP contribution >= 0.6 is 11.6 Å². The second kappa shape index (κ2) is 7.46. The van der Waals surface area contributed by atoms with Crippen molar-refractivity contribution >= 4 is 28.6 Å². The van der Waals surface area contributed by atoms with Crippen molar-refractivity contribution in [3.63, 3.8) is 0 Å². The number of nitrogens with zero attached hydrogens (tertiary/aromatic N) is 4. The number of hydrogen-bond acceptors (Lipinski definition) is 6. The molecule has 5 rings (SSSR count). The molecule has 1 fully saturated rings. The molecule has 0 atom stereocenters. The van der Waals surface area contributed by atoms with Gasteiger partial charge in [0.1, 0.15) is 6.54 Å². The molecule has 0 radical (unpaired) electrons. The van der Waals surface area contributed by atoms with Crippen molar-refractivity contribution in [2.75, 3.05) is 0 Å². The molecule has 1 amide bonds. The summed E-state index contributed by atoms with van der Waals surface area (Å²) >= 11 is 5.91. The van der Waals surface area contributed by atoms with Crippen molar-refractivity contribution in [2.45, 2.75) is 32.0 Å². The summed E-state index contributed by atoms with van der Waals surface area (Å²) in [5.74, 6) is -0.0491. The van der Waals surface area contributed by atoms with Gasteiger partial charge < -0.3 is 13.7 Å². The standard InChI is InChI=1S/C21H17ClN4O4/c22-14-7-5-13(6-8-14)20-24-23-18(30-20)11-25(15-9-10-15)19(27)12-26-16-3-1-2-4-17(16)29-21(26)28/h1-8,15H,9-12H2. The van der Waals surface area contributed by atoms with Crippen molar-refractivity contribution in [1.29, 1.82) is 0 Å². The van der Waals surface area contributed by atoms with Crippen molar-refractivity contribution in [3.05, 3.63) is 70.0 Å². The molecule has 4 aromatic rings. The SMILES string of the molecule is O=C(Cn1c(=O)oc2ccccc21)N(Cc1nnc(-c2ccc(Cl)cc2)o1)C1CC1. The van der Waals surface area contributed by atoms with Crippen LogP contribution < -0.4 is 5.76 Å². The van der Waals surface area contributed by atoms with E-state index in [0.29, 0.717) is 27.9 Å². The predicted octanol–water partition coefficient (Wildman–Crippen LogP) is 3.49. The lowest BCUT2D eigenvalue weighted by Gasteiger charge is -2.20. The van der Waals surface area contributed by atoms with Gasteiger partial charge in [-0.15, -0.1) is 10.2 Å². The van der Waals surface area contributed by atoms with Gasteiger partial charge in [0, 0.05) is 16.6 Å². The summed E-state index contributed by atoms with van der Waals surface area (Å²) < 4.78 is 12.3. The van der Waals surface area contributed by atoms with Crippen LogP contribution in [0.5, 0.6) is 0 Å². The van der Waals surface area contributed by atoms with Crippen LogP contribution in [0, 0.1) is 0 Å². The topological polar surface area (TPSA) is 94.4 Å². The molecule has 30 heavy (non-hydrogen) atoms. The smallest absolute Gasteiger partial charge is 0.419 e. The van der Waals surface area contributed by atoms with E-state index in [1.807, 2.05) is 0 Å². The molecule has 152 valence electrons. The summed E-state index contributed by atoms with van der Waals surface area (Å²) in [7, 11) is 0. The van der Waals surface area contributed by atoms with E-state index in [2.05, 4.69) is 10.2 Å². The molecule has 0 saturated heterocycles. The molecule has 0 aliphatic heterocycles. The number of carbonyl (C=O) groups is 1. The lowest BCUT2D eigenvalue weighted by atomic mass is 10.2. The molecule has 0 spiro atoms. The van der Waals surface area contributed by atoms with Gasteiger partial charge in [-0.25, -0.2) is 4.79 Å². The van der Waals surface area contributed by atoms with Crippen LogP contribution in [0.25, 0.3) is 22.6 Å². The van der Waals surface area contributed by atoms with Gasteiger partial charge in [-0.3, -0.25) is 9.36 Å². The van der Waals surface area contributed by atoms with E-state index in [1.54, 1.807) is 53.4 Å². The zero-order valence-electron chi connectivity index (χ0n) is 15.8. The van der Waals surface area contributed by atoms with Crippen LogP contribution in [-0.2, 0) is 17.9 Å². The van der Waals surface area contributed by atoms with E-state index < -0.39 is 5.76 Å². The fourth-order valence-corrected chi connectivity index (χ4v) is 3.50. The van der Waals surface area contributed by atoms with Gasteiger partial charge in [0.25, 0.3) is 0 Å². The van der Waals surface area contributed by atoms with Gasteiger partial charge in [0.2, 0.25) is 17.7 Å². The van der Waals surface area contributed by atoms with Gasteiger partial charge in [0.15, 0.2) is 5.58 Å². The largest absolute Gasteiger partial charge is 0.420 e. The molecule has 2 aromatic carbocycles. The van der Waals surface area contributed by atoms with Crippen LogP contribution in [0.2, 0.25) is 5.02 Å². The second-order valence-electron chi connectivity index (χ2n) is 7.18. The summed E-state index contributed by atoms with van der Waals surface area (Å²) in [5.41, 5.74) is 1.80. The van der Waals surface area contributed by atoms with Crippen LogP contribution in [0.15, 0.2) is 62.2 Å². The molecule has 1 aliphatic carbocycles. The average molecular weight is 425 g/mol. The fourth-order valence-electron chi connectivity index (χ4n) is 3.37. The minimum atomic E-state index is -0.553. The number of benzene rings is 2. The highest BCUT2D eigenvalue weighted by Gasteiger charge is 2.34. The van der Waals surface area contributed by atoms with Gasteiger partial charge in [-0.2, -0.15) is 0 Å². The molecule has 0 N–H and O–H groups in total. The van der Waals surface area contributed by atoms with Gasteiger partial charge in [-0.05, 0) is 49.2 Å². The van der Waals surface area contributed by atoms with Gasteiger partial charge in [-0.1, -0.05) is 23.7 Å². The molecule has 2 heterocycles. The monoisotopic (exact) mass is 424 g/mol. The van der Waals surface area contributed by atoms with Crippen LogP contribution in [0.4, 0.5) is 0 Å². The third-order valence-electron chi connectivity index (χ3n) is 5.04. The predicted molar refractivity (Wildman–Crippen MR) is 109 cm³/mol. The Morgan fingerprint density at radius 3 is 2.63 bits per heavy atom. The van der Waals surface area contributed by atoms with Crippen molar-refractivity contribution in [1.82, 2.24) is 19.7 Å². The molecule has 8 nitrogen and oxygen atoms in total. The van der Waals surface area contributed by atoms with Gasteiger partial charge in [0.05, 0.1) is 12.1 Å². The van der Waals surface area contributed by atoms with E-state index in [9.17, 15) is 9.59 Å². The highest BCUT2D eigenvalue weighted by Crippen LogP contribution is 2.29. The third-order valence-corrected chi connectivity index (χ3v) is 5.29. The molecule has 2 aromatic heterocycles. The molecular formula is C21H17ClN4O4. The van der Waals surface area contributed by atoms with E-state index >= 15 is 0 Å². The molecule has 9 heteroatoms. The first-order valence-corrected chi connectivity index (χ1v) is 9.92. The molecule has 0 bridgehead atoms. The highest BCUT2D eigenvalue weighted by molar-refractivity contribution is 6.30. The van der Waals surface area contributed by atoms with Crippen LogP contribution in [0.3, 0.4) is 0 Å². The van der Waals surface area contributed by atoms with Crippen molar-refractivity contribution in [3.8, 4) is 11.5 Å². The molecule has 1 aliphatic rings. The van der Waals surface area contributed by atoms with E-state index in [4.69, 9.17) is 20.4 Å². The fraction of sp³-hybridized carbons (Fsp3) is 0.238. The quantitative estimate of drug-likeness (QED) is 0.470. The Bertz CT molecular complexity index is 1270. The Morgan fingerprint density at radius 1 is 1.10 bits per heavy atom. The summed E-state index contributed by atoms with van der Waals surface area (Å²) in [6.45, 7) is 0.0825. The molecule has 0 unspecified atom stereocenters. The number of fused-ring (bicyclic) bond motifs is 1. The zero-order valence-corrected chi connectivity index (χ0v) is 16.6. The minimum Gasteiger partial charge on any atom is -0.419 e. The molecule has 1 saturated carbocycles. The number of rotatable bonds is 6. The van der Waals surface area contributed by atoms with Crippen molar-refractivity contribution in [2.24, 2.45) is 0 Å². The summed E-state index contributed by atoms with van der Waals surface area (Å²) in [6.07, 6.45) is 1.82. The Labute approximate surface area is 175 Å². The number of amides is 1. The number of halogens is 1. The maximum atomic E-state index is 13.0. The first-order valence-electron chi connectivity index (χ1n) is 9.54. The first kappa shape index (κ1) is 18.6. The Hall–Kier alpha value is -3.39. The number of oxazole rings is 1. The minimum absolute atomic E-state index is 0.107. The van der Waals surface area contributed by atoms with E-state index in [1.165, 1.54) is 4.57 Å². The first-order chi connectivity index (χ1) is 14.6. The Morgan fingerprint density at radius 2 is 1.87 bits per heavy atom. The maximum Gasteiger partial charge on any atom is 0.420 e. The lowest BCUT2D eigenvalue weighted by molar-refractivity contribution is -0.133. The Balaban J connectivity index is 1.36. The normalized spacial score (nSPS) is 13.6. The Kier molecular flexibility index (Phi) is 4.63. The average Bonchev–Trinajstić information content (AvgIpc) is 3.40. The van der Waals surface area contributed by atoms with E-state index in [0.717, 1.165) is 18.4 Å². The van der Waals surface area contributed by atoms with Crippen molar-refractivity contribution < 1.29 is 13.6 Å². The number of aromatic nitrogens is 3. The summed E-state index contributed by atoms with van der Waals surface area (Å²) in [4.78, 5) is 26.9. The maximum absolute atomic E-state index is 13.0.